The first-order chi connectivity index (χ1) is 8.49. The monoisotopic (exact) mass is 266 g/mol. The second kappa shape index (κ2) is 4.83. The Kier molecular flexibility index (Phi) is 3.40. The predicted octanol–water partition coefficient (Wildman–Crippen LogP) is 2.34. The Morgan fingerprint density at radius 2 is 2.28 bits per heavy atom. The second-order valence-corrected chi connectivity index (χ2v) is 4.71. The third-order valence-electron chi connectivity index (χ3n) is 2.53. The summed E-state index contributed by atoms with van der Waals surface area (Å²) in [6.45, 7) is 1.77. The van der Waals surface area contributed by atoms with E-state index in [1.54, 1.807) is 18.4 Å². The van der Waals surface area contributed by atoms with Crippen LogP contribution in [-0.4, -0.2) is 16.1 Å². The highest BCUT2D eigenvalue weighted by Crippen LogP contribution is 2.28. The molecule has 2 aromatic rings. The van der Waals surface area contributed by atoms with E-state index in [4.69, 9.17) is 10.8 Å². The molecule has 2 rings (SSSR count). The number of aromatic nitrogens is 1. The Bertz CT molecular complexity index is 598. The first-order valence-corrected chi connectivity index (χ1v) is 6.07. The van der Waals surface area contributed by atoms with E-state index in [1.807, 2.05) is 0 Å². The van der Waals surface area contributed by atoms with E-state index in [0.29, 0.717) is 10.7 Å². The molecule has 94 valence electrons. The average Bonchev–Trinajstić information content (AvgIpc) is 2.77. The van der Waals surface area contributed by atoms with Crippen LogP contribution in [0.2, 0.25) is 0 Å². The van der Waals surface area contributed by atoms with Crippen molar-refractivity contribution in [2.24, 2.45) is 5.73 Å². The zero-order valence-corrected chi connectivity index (χ0v) is 10.4. The van der Waals surface area contributed by atoms with Crippen LogP contribution in [0.3, 0.4) is 0 Å². The number of hydrogen-bond acceptors (Lipinski definition) is 4. The number of rotatable bonds is 3. The van der Waals surface area contributed by atoms with Crippen LogP contribution in [0.25, 0.3) is 10.6 Å². The van der Waals surface area contributed by atoms with Gasteiger partial charge < -0.3 is 10.8 Å². The Morgan fingerprint density at radius 1 is 1.56 bits per heavy atom. The van der Waals surface area contributed by atoms with Gasteiger partial charge in [-0.2, -0.15) is 0 Å². The number of carboxylic acid groups (broad SMARTS) is 1. The molecule has 6 heteroatoms. The smallest absolute Gasteiger partial charge is 0.326 e. The van der Waals surface area contributed by atoms with Crippen LogP contribution in [0, 0.1) is 12.7 Å². The number of nitrogens with two attached hydrogens (primary N) is 1. The van der Waals surface area contributed by atoms with Crippen LogP contribution in [0.5, 0.6) is 0 Å². The lowest BCUT2D eigenvalue weighted by molar-refractivity contribution is -0.138. The zero-order valence-electron chi connectivity index (χ0n) is 9.55. The predicted molar refractivity (Wildman–Crippen MR) is 66.8 cm³/mol. The molecular formula is C12H11FN2O2S. The molecule has 0 fully saturated rings. The fraction of sp³-hybridized carbons (Fsp3) is 0.167. The molecule has 0 bridgehead atoms. The minimum atomic E-state index is -1.13. The summed E-state index contributed by atoms with van der Waals surface area (Å²) in [6, 6.07) is 3.25. The molecule has 1 atom stereocenters. The van der Waals surface area contributed by atoms with Crippen molar-refractivity contribution in [2.75, 3.05) is 0 Å². The molecule has 0 amide bonds. The Hall–Kier alpha value is -1.79. The van der Waals surface area contributed by atoms with Crippen molar-refractivity contribution >= 4 is 17.3 Å². The zero-order chi connectivity index (χ0) is 13.3. The summed E-state index contributed by atoms with van der Waals surface area (Å²) in [4.78, 5) is 14.9. The minimum Gasteiger partial charge on any atom is -0.480 e. The number of carbonyl (C=O) groups is 1. The number of halogens is 1. The topological polar surface area (TPSA) is 76.2 Å². The molecule has 1 aromatic carbocycles. The number of aryl methyl sites for hydroxylation is 1. The van der Waals surface area contributed by atoms with Crippen LogP contribution in [-0.2, 0) is 4.79 Å². The normalized spacial score (nSPS) is 12.4. The Labute approximate surface area is 107 Å². The van der Waals surface area contributed by atoms with Crippen molar-refractivity contribution in [1.82, 2.24) is 4.98 Å². The van der Waals surface area contributed by atoms with E-state index < -0.39 is 12.0 Å². The molecule has 1 heterocycles. The fourth-order valence-electron chi connectivity index (χ4n) is 1.55. The van der Waals surface area contributed by atoms with Gasteiger partial charge in [-0.15, -0.1) is 11.3 Å². The van der Waals surface area contributed by atoms with Crippen molar-refractivity contribution in [2.45, 2.75) is 13.0 Å². The van der Waals surface area contributed by atoms with Gasteiger partial charge in [0, 0.05) is 10.9 Å². The van der Waals surface area contributed by atoms with Gasteiger partial charge in [-0.05, 0) is 30.7 Å². The summed E-state index contributed by atoms with van der Waals surface area (Å²) >= 11 is 1.29. The van der Waals surface area contributed by atoms with Crippen LogP contribution in [0.1, 0.15) is 17.3 Å². The van der Waals surface area contributed by atoms with Gasteiger partial charge in [0.05, 0.1) is 5.69 Å². The van der Waals surface area contributed by atoms with Crippen molar-refractivity contribution in [3.63, 3.8) is 0 Å². The van der Waals surface area contributed by atoms with Gasteiger partial charge in [0.2, 0.25) is 0 Å². The van der Waals surface area contributed by atoms with Crippen LogP contribution < -0.4 is 5.73 Å². The SMILES string of the molecule is Cc1cc(F)ccc1-c1nc(C(N)C(=O)O)cs1. The molecule has 0 aliphatic carbocycles. The molecule has 1 aromatic heterocycles. The molecule has 0 saturated heterocycles. The Balaban J connectivity index is 2.38. The molecule has 0 radical (unpaired) electrons. The molecule has 0 aliphatic rings. The maximum absolute atomic E-state index is 13.0. The molecule has 18 heavy (non-hydrogen) atoms. The van der Waals surface area contributed by atoms with Crippen LogP contribution in [0.15, 0.2) is 23.6 Å². The second-order valence-electron chi connectivity index (χ2n) is 3.85. The third-order valence-corrected chi connectivity index (χ3v) is 3.42. The lowest BCUT2D eigenvalue weighted by Gasteiger charge is -2.03. The molecule has 0 spiro atoms. The maximum atomic E-state index is 13.0. The van der Waals surface area contributed by atoms with E-state index in [1.165, 1.54) is 23.5 Å². The highest BCUT2D eigenvalue weighted by Gasteiger charge is 2.18. The summed E-state index contributed by atoms with van der Waals surface area (Å²) in [5.74, 6) is -1.43. The number of nitrogens with zero attached hydrogens (tertiary/aromatic N) is 1. The van der Waals surface area contributed by atoms with E-state index >= 15 is 0 Å². The van der Waals surface area contributed by atoms with Crippen molar-refractivity contribution in [1.29, 1.82) is 0 Å². The minimum absolute atomic E-state index is 0.310. The van der Waals surface area contributed by atoms with Crippen molar-refractivity contribution in [3.8, 4) is 10.6 Å². The summed E-state index contributed by atoms with van der Waals surface area (Å²) in [6.07, 6.45) is 0. The molecule has 3 N–H and O–H groups in total. The van der Waals surface area contributed by atoms with Crippen molar-refractivity contribution in [3.05, 3.63) is 40.7 Å². The highest BCUT2D eigenvalue weighted by molar-refractivity contribution is 7.13. The fourth-order valence-corrected chi connectivity index (χ4v) is 2.49. The first kappa shape index (κ1) is 12.7. The first-order valence-electron chi connectivity index (χ1n) is 5.19. The molecular weight excluding hydrogens is 255 g/mol. The van der Waals surface area contributed by atoms with Gasteiger partial charge in [-0.1, -0.05) is 0 Å². The largest absolute Gasteiger partial charge is 0.480 e. The quantitative estimate of drug-likeness (QED) is 0.894. The molecule has 0 saturated carbocycles. The highest BCUT2D eigenvalue weighted by atomic mass is 32.1. The number of aliphatic carboxylic acids is 1. The third kappa shape index (κ3) is 2.39. The molecule has 0 aliphatic heterocycles. The van der Waals surface area contributed by atoms with Crippen LogP contribution >= 0.6 is 11.3 Å². The number of benzene rings is 1. The standard InChI is InChI=1S/C12H11FN2O2S/c1-6-4-7(13)2-3-8(6)11-15-9(5-18-11)10(14)12(16)17/h2-5,10H,14H2,1H3,(H,16,17). The van der Waals surface area contributed by atoms with Crippen LogP contribution in [0.4, 0.5) is 4.39 Å². The van der Waals surface area contributed by atoms with Gasteiger partial charge in [0.15, 0.2) is 0 Å². The van der Waals surface area contributed by atoms with E-state index in [2.05, 4.69) is 4.98 Å². The number of thiazole rings is 1. The van der Waals surface area contributed by atoms with E-state index in [0.717, 1.165) is 11.1 Å². The average molecular weight is 266 g/mol. The van der Waals surface area contributed by atoms with Gasteiger partial charge in [-0.25, -0.2) is 9.37 Å². The summed E-state index contributed by atoms with van der Waals surface area (Å²) in [5, 5.41) is 11.0. The lowest BCUT2D eigenvalue weighted by Crippen LogP contribution is -2.20. The van der Waals surface area contributed by atoms with Gasteiger partial charge in [0.25, 0.3) is 0 Å². The van der Waals surface area contributed by atoms with Gasteiger partial charge in [0.1, 0.15) is 16.9 Å². The van der Waals surface area contributed by atoms with Crippen molar-refractivity contribution < 1.29 is 14.3 Å². The maximum Gasteiger partial charge on any atom is 0.326 e. The van der Waals surface area contributed by atoms with E-state index in [-0.39, 0.29) is 5.82 Å². The number of hydrogen-bond donors (Lipinski definition) is 2. The van der Waals surface area contributed by atoms with E-state index in [9.17, 15) is 9.18 Å². The summed E-state index contributed by atoms with van der Waals surface area (Å²) in [5.41, 5.74) is 7.32. The lowest BCUT2D eigenvalue weighted by atomic mass is 10.1. The van der Waals surface area contributed by atoms with Gasteiger partial charge in [-0.3, -0.25) is 4.79 Å². The summed E-state index contributed by atoms with van der Waals surface area (Å²) < 4.78 is 13.0. The molecule has 1 unspecified atom stereocenters. The summed E-state index contributed by atoms with van der Waals surface area (Å²) in [7, 11) is 0. The number of carboxylic acids is 1. The Morgan fingerprint density at radius 3 is 2.89 bits per heavy atom. The van der Waals surface area contributed by atoms with Gasteiger partial charge >= 0.3 is 5.97 Å². The molecule has 4 nitrogen and oxygen atoms in total.